The lowest BCUT2D eigenvalue weighted by Crippen LogP contribution is -2.52. The van der Waals surface area contributed by atoms with Gasteiger partial charge in [0.15, 0.2) is 5.82 Å². The second kappa shape index (κ2) is 11.5. The summed E-state index contributed by atoms with van der Waals surface area (Å²) in [7, 11) is 1.25. The van der Waals surface area contributed by atoms with Gasteiger partial charge in [-0.2, -0.15) is 10.4 Å². The quantitative estimate of drug-likeness (QED) is 0.541. The van der Waals surface area contributed by atoms with E-state index in [0.29, 0.717) is 28.9 Å². The van der Waals surface area contributed by atoms with Crippen molar-refractivity contribution in [3.05, 3.63) is 36.0 Å². The number of ether oxygens (including phenoxy) is 3. The van der Waals surface area contributed by atoms with Gasteiger partial charge in [0.1, 0.15) is 24.0 Å². The first kappa shape index (κ1) is 27.4. The molecule has 1 atom stereocenters. The maximum Gasteiger partial charge on any atom is 0.412 e. The van der Waals surface area contributed by atoms with Gasteiger partial charge in [-0.25, -0.2) is 9.59 Å². The molecule has 0 aliphatic carbocycles. The smallest absolute Gasteiger partial charge is 0.412 e. The van der Waals surface area contributed by atoms with E-state index >= 15 is 0 Å². The molecule has 10 nitrogen and oxygen atoms in total. The molecule has 188 valence electrons. The molecule has 10 heteroatoms. The topological polar surface area (TPSA) is 135 Å². The molecule has 2 N–H and O–H groups in total. The van der Waals surface area contributed by atoms with Gasteiger partial charge >= 0.3 is 12.2 Å². The highest BCUT2D eigenvalue weighted by Crippen LogP contribution is 2.28. The number of methoxy groups -OCH3 is 1. The van der Waals surface area contributed by atoms with Gasteiger partial charge < -0.3 is 19.5 Å². The predicted molar refractivity (Wildman–Crippen MR) is 131 cm³/mol. The zero-order chi connectivity index (χ0) is 26.2. The molecule has 1 aromatic heterocycles. The average molecular weight is 484 g/mol. The molecular formula is C25H33N5O5. The molecule has 35 heavy (non-hydrogen) atoms. The second-order valence-electron chi connectivity index (χ2n) is 9.84. The van der Waals surface area contributed by atoms with E-state index in [1.165, 1.54) is 13.3 Å². The van der Waals surface area contributed by atoms with Crippen molar-refractivity contribution in [2.75, 3.05) is 19.0 Å². The Morgan fingerprint density at radius 2 is 1.83 bits per heavy atom. The van der Waals surface area contributed by atoms with E-state index in [0.717, 1.165) is 0 Å². The first-order valence-corrected chi connectivity index (χ1v) is 11.2. The molecular weight excluding hydrogens is 450 g/mol. The summed E-state index contributed by atoms with van der Waals surface area (Å²) in [5, 5.41) is 22.8. The van der Waals surface area contributed by atoms with Crippen molar-refractivity contribution >= 4 is 18.0 Å². The third kappa shape index (κ3) is 8.77. The van der Waals surface area contributed by atoms with Crippen LogP contribution in [-0.2, 0) is 9.47 Å². The van der Waals surface area contributed by atoms with Crippen LogP contribution >= 0.6 is 0 Å². The molecule has 0 aliphatic rings. The first-order chi connectivity index (χ1) is 16.3. The van der Waals surface area contributed by atoms with Crippen LogP contribution in [0.1, 0.15) is 53.5 Å². The third-order valence-corrected chi connectivity index (χ3v) is 4.71. The number of amides is 2. The van der Waals surface area contributed by atoms with Gasteiger partial charge in [-0.05, 0) is 63.8 Å². The summed E-state index contributed by atoms with van der Waals surface area (Å²) in [6.07, 6.45) is 0.971. The van der Waals surface area contributed by atoms with Crippen LogP contribution in [0.2, 0.25) is 0 Å². The van der Waals surface area contributed by atoms with Crippen molar-refractivity contribution in [1.82, 2.24) is 15.5 Å². The summed E-state index contributed by atoms with van der Waals surface area (Å²) < 4.78 is 16.0. The summed E-state index contributed by atoms with van der Waals surface area (Å²) >= 11 is 0. The number of alkyl carbamates (subject to hydrolysis) is 1. The molecule has 0 bridgehead atoms. The number of nitrogens with one attached hydrogen (secondary N) is 2. The first-order valence-electron chi connectivity index (χ1n) is 11.2. The molecule has 0 fully saturated rings. The molecule has 0 saturated carbocycles. The number of rotatable bonds is 8. The number of hydrogen-bond acceptors (Lipinski definition) is 8. The Hall–Kier alpha value is -3.87. The fraction of sp³-hybridized carbons (Fsp3) is 0.480. The Bertz CT molecular complexity index is 1090. The largest absolute Gasteiger partial charge is 0.490 e. The number of benzene rings is 1. The van der Waals surface area contributed by atoms with Crippen molar-refractivity contribution in [3.63, 3.8) is 0 Å². The molecule has 2 rings (SSSR count). The molecule has 1 aromatic carbocycles. The summed E-state index contributed by atoms with van der Waals surface area (Å²) in [6, 6.07) is 8.89. The van der Waals surface area contributed by atoms with Crippen LogP contribution in [0.4, 0.5) is 15.4 Å². The molecule has 0 aliphatic heterocycles. The van der Waals surface area contributed by atoms with Gasteiger partial charge in [-0.3, -0.25) is 5.32 Å². The number of carbonyl (C=O) groups excluding carboxylic acids is 2. The minimum absolute atomic E-state index is 0.141. The third-order valence-electron chi connectivity index (χ3n) is 4.71. The number of nitriles is 1. The van der Waals surface area contributed by atoms with Crippen LogP contribution in [0.5, 0.6) is 5.75 Å². The molecule has 1 unspecified atom stereocenters. The highest BCUT2D eigenvalue weighted by Gasteiger charge is 2.31. The van der Waals surface area contributed by atoms with Gasteiger partial charge in [-0.15, -0.1) is 5.10 Å². The molecule has 1 heterocycles. The lowest BCUT2D eigenvalue weighted by molar-refractivity contribution is 0.0408. The van der Waals surface area contributed by atoms with E-state index in [9.17, 15) is 14.9 Å². The van der Waals surface area contributed by atoms with E-state index in [2.05, 4.69) is 45.5 Å². The number of nitrogens with zero attached hydrogens (tertiary/aromatic N) is 3. The van der Waals surface area contributed by atoms with Gasteiger partial charge in [-0.1, -0.05) is 19.9 Å². The van der Waals surface area contributed by atoms with Crippen LogP contribution in [0.25, 0.3) is 11.1 Å². The molecule has 2 amide bonds. The van der Waals surface area contributed by atoms with E-state index in [1.807, 2.05) is 6.92 Å². The van der Waals surface area contributed by atoms with Crippen LogP contribution in [0, 0.1) is 17.2 Å². The zero-order valence-electron chi connectivity index (χ0n) is 21.3. The summed E-state index contributed by atoms with van der Waals surface area (Å²) in [6.45, 7) is 11.5. The Labute approximate surface area is 206 Å². The molecule has 0 radical (unpaired) electrons. The minimum Gasteiger partial charge on any atom is -0.490 e. The lowest BCUT2D eigenvalue weighted by Gasteiger charge is -2.33. The van der Waals surface area contributed by atoms with Gasteiger partial charge in [0.05, 0.1) is 24.4 Å². The van der Waals surface area contributed by atoms with Crippen LogP contribution in [0.15, 0.2) is 30.5 Å². The monoisotopic (exact) mass is 483 g/mol. The number of anilines is 1. The minimum atomic E-state index is -0.717. The van der Waals surface area contributed by atoms with Gasteiger partial charge in [0.25, 0.3) is 0 Å². The number of carbonyl (C=O) groups is 2. The normalized spacial score (nSPS) is 12.8. The van der Waals surface area contributed by atoms with Crippen LogP contribution in [-0.4, -0.2) is 47.2 Å². The number of hydrogen-bond donors (Lipinski definition) is 2. The zero-order valence-corrected chi connectivity index (χ0v) is 21.3. The van der Waals surface area contributed by atoms with Crippen LogP contribution < -0.4 is 15.4 Å². The predicted octanol–water partition coefficient (Wildman–Crippen LogP) is 4.90. The van der Waals surface area contributed by atoms with E-state index < -0.39 is 23.3 Å². The maximum absolute atomic E-state index is 12.4. The Kier molecular flexibility index (Phi) is 9.00. The highest BCUT2D eigenvalue weighted by molar-refractivity contribution is 5.84. The van der Waals surface area contributed by atoms with Gasteiger partial charge in [0, 0.05) is 5.56 Å². The Morgan fingerprint density at radius 3 is 2.43 bits per heavy atom. The van der Waals surface area contributed by atoms with Gasteiger partial charge in [0.2, 0.25) is 0 Å². The SMILES string of the molecule is COC(=O)Nc1cc(-c2ccc(OCC(C)(CC(C)C)NC(=O)OC(C)(C)C)c(C#N)c2)cnn1. The van der Waals surface area contributed by atoms with E-state index in [4.69, 9.17) is 9.47 Å². The van der Waals surface area contributed by atoms with Crippen molar-refractivity contribution < 1.29 is 23.8 Å². The van der Waals surface area contributed by atoms with Crippen LogP contribution in [0.3, 0.4) is 0 Å². The molecule has 2 aromatic rings. The number of aromatic nitrogens is 2. The molecule has 0 saturated heterocycles. The fourth-order valence-corrected chi connectivity index (χ4v) is 3.50. The second-order valence-corrected chi connectivity index (χ2v) is 9.84. The highest BCUT2D eigenvalue weighted by atomic mass is 16.6. The summed E-state index contributed by atoms with van der Waals surface area (Å²) in [5.74, 6) is 0.876. The summed E-state index contributed by atoms with van der Waals surface area (Å²) in [5.41, 5.74) is 0.303. The van der Waals surface area contributed by atoms with Crippen molar-refractivity contribution in [3.8, 4) is 22.9 Å². The maximum atomic E-state index is 12.4. The lowest BCUT2D eigenvalue weighted by atomic mass is 9.91. The van der Waals surface area contributed by atoms with Crippen molar-refractivity contribution in [1.29, 1.82) is 5.26 Å². The Balaban J connectivity index is 2.22. The average Bonchev–Trinajstić information content (AvgIpc) is 2.75. The fourth-order valence-electron chi connectivity index (χ4n) is 3.50. The van der Waals surface area contributed by atoms with Crippen molar-refractivity contribution in [2.45, 2.75) is 59.1 Å². The summed E-state index contributed by atoms with van der Waals surface area (Å²) in [4.78, 5) is 23.9. The van der Waals surface area contributed by atoms with E-state index in [1.54, 1.807) is 45.0 Å². The van der Waals surface area contributed by atoms with E-state index in [-0.39, 0.29) is 18.3 Å². The van der Waals surface area contributed by atoms with Crippen molar-refractivity contribution in [2.24, 2.45) is 5.92 Å². The standard InChI is InChI=1S/C25H33N5O5/c1-16(2)12-25(6,29-23(32)35-24(3,4)5)15-34-20-9-8-17(10-18(20)13-26)19-11-21(30-27-14-19)28-22(31)33-7/h8-11,14,16H,12,15H2,1-7H3,(H,29,32)(H,28,30,31). The Morgan fingerprint density at radius 1 is 1.11 bits per heavy atom. The molecule has 0 spiro atoms.